The van der Waals surface area contributed by atoms with E-state index >= 15 is 0 Å². The number of ether oxygens (including phenoxy) is 2. The van der Waals surface area contributed by atoms with E-state index in [9.17, 15) is 13.2 Å². The molecule has 0 saturated heterocycles. The zero-order chi connectivity index (χ0) is 19.9. The van der Waals surface area contributed by atoms with Crippen molar-refractivity contribution in [2.24, 2.45) is 0 Å². The number of nitrogens with zero attached hydrogens (tertiary/aromatic N) is 3. The van der Waals surface area contributed by atoms with Crippen molar-refractivity contribution in [2.75, 3.05) is 18.5 Å². The lowest BCUT2D eigenvalue weighted by Crippen LogP contribution is -2.16. The molecule has 28 heavy (non-hydrogen) atoms. The largest absolute Gasteiger partial charge is 0.489 e. The summed E-state index contributed by atoms with van der Waals surface area (Å²) in [6.07, 6.45) is -3.07. The number of benzene rings is 1. The number of hydrogen-bond acceptors (Lipinski definition) is 6. The molecule has 146 valence electrons. The SMILES string of the molecule is C[C@H]1Nc2nc(nc3cnc(Cl)cc23)OCCOc2c1cccc2C(F)(F)F. The van der Waals surface area contributed by atoms with Gasteiger partial charge in [0.25, 0.3) is 0 Å². The zero-order valence-electron chi connectivity index (χ0n) is 14.5. The Labute approximate surface area is 162 Å². The van der Waals surface area contributed by atoms with Gasteiger partial charge in [0.05, 0.1) is 23.3 Å². The quantitative estimate of drug-likeness (QED) is 0.544. The van der Waals surface area contributed by atoms with Crippen LogP contribution < -0.4 is 14.8 Å². The van der Waals surface area contributed by atoms with Crippen LogP contribution in [0.3, 0.4) is 0 Å². The van der Waals surface area contributed by atoms with Crippen LogP contribution in [0.1, 0.15) is 24.1 Å². The number of halogens is 4. The van der Waals surface area contributed by atoms with Gasteiger partial charge in [-0.3, -0.25) is 0 Å². The molecule has 1 atom stereocenters. The highest BCUT2D eigenvalue weighted by Gasteiger charge is 2.36. The third kappa shape index (κ3) is 3.49. The van der Waals surface area contributed by atoms with Crippen LogP contribution in [-0.4, -0.2) is 28.2 Å². The average molecular weight is 411 g/mol. The van der Waals surface area contributed by atoms with Crippen molar-refractivity contribution in [3.63, 3.8) is 0 Å². The van der Waals surface area contributed by atoms with Crippen LogP contribution in [0.5, 0.6) is 11.8 Å². The number of anilines is 1. The molecular formula is C18H14ClF3N4O2. The van der Waals surface area contributed by atoms with Gasteiger partial charge in [0.15, 0.2) is 0 Å². The average Bonchev–Trinajstić information content (AvgIpc) is 2.66. The Morgan fingerprint density at radius 1 is 1.18 bits per heavy atom. The van der Waals surface area contributed by atoms with Crippen LogP contribution >= 0.6 is 11.6 Å². The number of hydrogen-bond donors (Lipinski definition) is 1. The lowest BCUT2D eigenvalue weighted by Gasteiger charge is -2.22. The first-order valence-electron chi connectivity index (χ1n) is 8.38. The Kier molecular flexibility index (Phi) is 4.62. The fourth-order valence-corrected chi connectivity index (χ4v) is 3.16. The molecule has 10 heteroatoms. The third-order valence-electron chi connectivity index (χ3n) is 4.26. The van der Waals surface area contributed by atoms with Crippen molar-refractivity contribution in [2.45, 2.75) is 19.1 Å². The Bertz CT molecular complexity index is 1050. The second-order valence-electron chi connectivity index (χ2n) is 6.16. The van der Waals surface area contributed by atoms with E-state index in [-0.39, 0.29) is 30.1 Å². The smallest absolute Gasteiger partial charge is 0.419 e. The molecule has 1 aliphatic heterocycles. The fraction of sp³-hybridized carbons (Fsp3) is 0.278. The van der Waals surface area contributed by atoms with E-state index in [0.717, 1.165) is 6.07 Å². The van der Waals surface area contributed by atoms with Crippen LogP contribution in [-0.2, 0) is 6.18 Å². The van der Waals surface area contributed by atoms with Crippen molar-refractivity contribution in [1.29, 1.82) is 0 Å². The lowest BCUT2D eigenvalue weighted by atomic mass is 10.0. The summed E-state index contributed by atoms with van der Waals surface area (Å²) in [5.74, 6) is 0.146. The van der Waals surface area contributed by atoms with Crippen molar-refractivity contribution in [3.8, 4) is 11.8 Å². The van der Waals surface area contributed by atoms with E-state index in [1.54, 1.807) is 19.1 Å². The molecule has 0 radical (unpaired) electrons. The molecule has 3 aromatic rings. The number of para-hydroxylation sites is 1. The van der Waals surface area contributed by atoms with Crippen LogP contribution in [0.2, 0.25) is 5.15 Å². The maximum atomic E-state index is 13.5. The van der Waals surface area contributed by atoms with E-state index in [1.165, 1.54) is 12.3 Å². The van der Waals surface area contributed by atoms with Gasteiger partial charge in [0.1, 0.15) is 29.9 Å². The normalized spacial score (nSPS) is 17.0. The van der Waals surface area contributed by atoms with Gasteiger partial charge in [-0.25, -0.2) is 4.98 Å². The number of alkyl halides is 3. The maximum absolute atomic E-state index is 13.5. The Balaban J connectivity index is 1.86. The fourth-order valence-electron chi connectivity index (χ4n) is 3.00. The molecule has 0 amide bonds. The van der Waals surface area contributed by atoms with Crippen molar-refractivity contribution in [1.82, 2.24) is 15.0 Å². The van der Waals surface area contributed by atoms with E-state index in [2.05, 4.69) is 20.3 Å². The molecule has 2 bridgehead atoms. The molecule has 3 heterocycles. The standard InChI is InChI=1S/C18H14ClF3N4O2/c1-9-10-3-2-4-12(18(20,21)22)15(10)27-5-6-28-17-25-13-8-23-14(19)7-11(13)16(24-9)26-17/h2-4,7-9H,5-6H2,1H3,(H,24,25,26)/t9-/m1/s1. The summed E-state index contributed by atoms with van der Waals surface area (Å²) in [6, 6.07) is 5.03. The summed E-state index contributed by atoms with van der Waals surface area (Å²) in [6.45, 7) is 1.60. The third-order valence-corrected chi connectivity index (χ3v) is 4.47. The van der Waals surface area contributed by atoms with E-state index in [1.807, 2.05) is 0 Å². The van der Waals surface area contributed by atoms with Gasteiger partial charge in [-0.1, -0.05) is 23.7 Å². The molecule has 0 aliphatic carbocycles. The van der Waals surface area contributed by atoms with E-state index in [0.29, 0.717) is 22.3 Å². The summed E-state index contributed by atoms with van der Waals surface area (Å²) in [5.41, 5.74) is 0.00603. The predicted octanol–water partition coefficient (Wildman–Crippen LogP) is 4.64. The predicted molar refractivity (Wildman–Crippen MR) is 96.8 cm³/mol. The van der Waals surface area contributed by atoms with Crippen LogP contribution in [0.25, 0.3) is 10.9 Å². The van der Waals surface area contributed by atoms with Gasteiger partial charge in [0.2, 0.25) is 0 Å². The van der Waals surface area contributed by atoms with Gasteiger partial charge in [0, 0.05) is 10.9 Å². The van der Waals surface area contributed by atoms with Gasteiger partial charge in [-0.05, 0) is 19.1 Å². The van der Waals surface area contributed by atoms with Gasteiger partial charge in [-0.15, -0.1) is 0 Å². The molecule has 0 saturated carbocycles. The summed E-state index contributed by atoms with van der Waals surface area (Å²) >= 11 is 5.98. The molecule has 1 N–H and O–H groups in total. The Morgan fingerprint density at radius 2 is 1.96 bits per heavy atom. The number of rotatable bonds is 0. The molecule has 0 fully saturated rings. The molecule has 1 aromatic carbocycles. The highest BCUT2D eigenvalue weighted by molar-refractivity contribution is 6.30. The maximum Gasteiger partial charge on any atom is 0.419 e. The lowest BCUT2D eigenvalue weighted by molar-refractivity contribution is -0.139. The molecule has 6 nitrogen and oxygen atoms in total. The highest BCUT2D eigenvalue weighted by atomic mass is 35.5. The minimum absolute atomic E-state index is 0.0218. The monoisotopic (exact) mass is 410 g/mol. The van der Waals surface area contributed by atoms with Crippen LogP contribution in [0, 0.1) is 0 Å². The molecular weight excluding hydrogens is 397 g/mol. The molecule has 0 unspecified atom stereocenters. The Hall–Kier alpha value is -2.81. The highest BCUT2D eigenvalue weighted by Crippen LogP contribution is 2.41. The topological polar surface area (TPSA) is 69.2 Å². The van der Waals surface area contributed by atoms with Crippen molar-refractivity contribution >= 4 is 28.3 Å². The van der Waals surface area contributed by atoms with Crippen LogP contribution in [0.4, 0.5) is 19.0 Å². The first kappa shape index (κ1) is 18.5. The van der Waals surface area contributed by atoms with Crippen molar-refractivity contribution < 1.29 is 22.6 Å². The summed E-state index contributed by atoms with van der Waals surface area (Å²) in [4.78, 5) is 12.6. The number of nitrogens with one attached hydrogen (secondary N) is 1. The van der Waals surface area contributed by atoms with E-state index in [4.69, 9.17) is 21.1 Å². The summed E-state index contributed by atoms with van der Waals surface area (Å²) in [5, 5.41) is 3.94. The minimum Gasteiger partial charge on any atom is -0.489 e. The molecule has 1 aliphatic rings. The van der Waals surface area contributed by atoms with E-state index < -0.39 is 17.8 Å². The first-order valence-corrected chi connectivity index (χ1v) is 8.76. The second-order valence-corrected chi connectivity index (χ2v) is 6.55. The summed E-state index contributed by atoms with van der Waals surface area (Å²) < 4.78 is 51.3. The van der Waals surface area contributed by atoms with Crippen molar-refractivity contribution in [3.05, 3.63) is 46.7 Å². The first-order chi connectivity index (χ1) is 13.3. The van der Waals surface area contributed by atoms with Gasteiger partial charge >= 0.3 is 12.2 Å². The molecule has 4 rings (SSSR count). The van der Waals surface area contributed by atoms with Crippen LogP contribution in [0.15, 0.2) is 30.5 Å². The molecule has 0 spiro atoms. The number of aromatic nitrogens is 3. The zero-order valence-corrected chi connectivity index (χ0v) is 15.3. The number of pyridine rings is 1. The molecule has 2 aromatic heterocycles. The minimum atomic E-state index is -4.55. The van der Waals surface area contributed by atoms with Gasteiger partial charge in [-0.2, -0.15) is 23.1 Å². The Morgan fingerprint density at radius 3 is 2.75 bits per heavy atom. The summed E-state index contributed by atoms with van der Waals surface area (Å²) in [7, 11) is 0. The number of fused-ring (bicyclic) bond motifs is 5. The second kappa shape index (κ2) is 6.97. The van der Waals surface area contributed by atoms with Gasteiger partial charge < -0.3 is 14.8 Å².